The number of aromatic nitrogens is 2. The number of aryl methyl sites for hydroxylation is 1. The summed E-state index contributed by atoms with van der Waals surface area (Å²) in [6.45, 7) is 1.81. The second kappa shape index (κ2) is 9.07. The lowest BCUT2D eigenvalue weighted by molar-refractivity contribution is -0.132. The van der Waals surface area contributed by atoms with Crippen LogP contribution in [-0.4, -0.2) is 38.2 Å². The van der Waals surface area contributed by atoms with E-state index in [9.17, 15) is 19.2 Å². The third-order valence-electron chi connectivity index (χ3n) is 5.51. The molecule has 2 heterocycles. The largest absolute Gasteiger partial charge is 0.344 e. The third kappa shape index (κ3) is 4.82. The molecule has 33 heavy (non-hydrogen) atoms. The number of urea groups is 1. The van der Waals surface area contributed by atoms with Gasteiger partial charge in [0.25, 0.3) is 17.4 Å². The maximum atomic E-state index is 12.9. The fraction of sp³-hybridized carbons (Fsp3) is 0.208. The maximum absolute atomic E-state index is 12.9. The molecule has 1 aromatic heterocycles. The van der Waals surface area contributed by atoms with Crippen LogP contribution in [0.2, 0.25) is 0 Å². The summed E-state index contributed by atoms with van der Waals surface area (Å²) in [5, 5.41) is 7.42. The highest BCUT2D eigenvalue weighted by Crippen LogP contribution is 2.22. The maximum Gasteiger partial charge on any atom is 0.344 e. The van der Waals surface area contributed by atoms with Crippen LogP contribution >= 0.6 is 0 Å². The Labute approximate surface area is 190 Å². The standard InChI is InChI=1S/C24H23N5O4/c1-24(15-14-17-8-4-2-5-9-17)22(32)29(23(33)25-24)27-21(31)19-12-13-20(30)28(26-19)16-18-10-6-3-7-11-18/h2-13H,14-16H2,1H3,(H,25,33)(H,27,31)/t24-/m0/s1. The summed E-state index contributed by atoms with van der Waals surface area (Å²) in [6.07, 6.45) is 0.950. The van der Waals surface area contributed by atoms with E-state index in [0.717, 1.165) is 15.8 Å². The Hall–Kier alpha value is -4.27. The van der Waals surface area contributed by atoms with Crippen LogP contribution in [0.1, 0.15) is 35.0 Å². The number of nitrogens with one attached hydrogen (secondary N) is 2. The predicted molar refractivity (Wildman–Crippen MR) is 120 cm³/mol. The lowest BCUT2D eigenvalue weighted by atomic mass is 9.93. The smallest absolute Gasteiger partial charge is 0.322 e. The minimum atomic E-state index is -1.15. The number of hydrogen-bond acceptors (Lipinski definition) is 5. The van der Waals surface area contributed by atoms with Crippen LogP contribution in [0.15, 0.2) is 77.6 Å². The molecule has 0 unspecified atom stereocenters. The molecule has 1 saturated heterocycles. The minimum absolute atomic E-state index is 0.0935. The number of imide groups is 1. The lowest BCUT2D eigenvalue weighted by Gasteiger charge is -2.21. The molecule has 1 aliphatic heterocycles. The molecule has 0 radical (unpaired) electrons. The number of carbonyl (C=O) groups is 3. The SMILES string of the molecule is C[C@@]1(CCc2ccccc2)NC(=O)N(NC(=O)c2ccc(=O)n(Cc3ccccc3)n2)C1=O. The summed E-state index contributed by atoms with van der Waals surface area (Å²) >= 11 is 0. The van der Waals surface area contributed by atoms with Gasteiger partial charge in [-0.25, -0.2) is 9.48 Å². The molecule has 0 saturated carbocycles. The van der Waals surface area contributed by atoms with Gasteiger partial charge >= 0.3 is 6.03 Å². The molecule has 4 rings (SSSR count). The van der Waals surface area contributed by atoms with Crippen molar-refractivity contribution in [1.82, 2.24) is 25.5 Å². The molecule has 3 aromatic rings. The summed E-state index contributed by atoms with van der Waals surface area (Å²) in [4.78, 5) is 50.3. The van der Waals surface area contributed by atoms with E-state index >= 15 is 0 Å². The molecule has 0 spiro atoms. The van der Waals surface area contributed by atoms with Gasteiger partial charge in [-0.05, 0) is 37.0 Å². The third-order valence-corrected chi connectivity index (χ3v) is 5.51. The van der Waals surface area contributed by atoms with Crippen molar-refractivity contribution in [2.75, 3.05) is 0 Å². The summed E-state index contributed by atoms with van der Waals surface area (Å²) in [5.74, 6) is -1.33. The quantitative estimate of drug-likeness (QED) is 0.539. The highest BCUT2D eigenvalue weighted by molar-refractivity contribution is 6.08. The molecule has 0 bridgehead atoms. The zero-order chi connectivity index (χ0) is 23.4. The van der Waals surface area contributed by atoms with Crippen molar-refractivity contribution in [2.45, 2.75) is 31.8 Å². The summed E-state index contributed by atoms with van der Waals surface area (Å²) in [6, 6.07) is 20.6. The average Bonchev–Trinajstić information content (AvgIpc) is 3.03. The predicted octanol–water partition coefficient (Wildman–Crippen LogP) is 1.88. The molecule has 0 aliphatic carbocycles. The van der Waals surface area contributed by atoms with Gasteiger partial charge in [-0.15, -0.1) is 0 Å². The van der Waals surface area contributed by atoms with Gasteiger partial charge < -0.3 is 5.32 Å². The number of carbonyl (C=O) groups excluding carboxylic acids is 3. The van der Waals surface area contributed by atoms with Gasteiger partial charge in [0.15, 0.2) is 5.69 Å². The molecule has 4 amide bonds. The molecule has 2 N–H and O–H groups in total. The Morgan fingerprint density at radius 2 is 1.58 bits per heavy atom. The molecular formula is C24H23N5O4. The Balaban J connectivity index is 1.45. The van der Waals surface area contributed by atoms with E-state index in [1.807, 2.05) is 60.7 Å². The Morgan fingerprint density at radius 1 is 0.939 bits per heavy atom. The number of rotatable bonds is 7. The van der Waals surface area contributed by atoms with E-state index in [1.165, 1.54) is 12.1 Å². The number of nitrogens with zero attached hydrogens (tertiary/aromatic N) is 3. The summed E-state index contributed by atoms with van der Waals surface area (Å²) in [7, 11) is 0. The van der Waals surface area contributed by atoms with Crippen molar-refractivity contribution in [1.29, 1.82) is 0 Å². The van der Waals surface area contributed by atoms with Gasteiger partial charge in [0, 0.05) is 6.07 Å². The van der Waals surface area contributed by atoms with Crippen LogP contribution in [0.5, 0.6) is 0 Å². The molecule has 2 aromatic carbocycles. The lowest BCUT2D eigenvalue weighted by Crippen LogP contribution is -2.49. The minimum Gasteiger partial charge on any atom is -0.322 e. The van der Waals surface area contributed by atoms with Gasteiger partial charge in [-0.2, -0.15) is 10.1 Å². The number of hydrogen-bond donors (Lipinski definition) is 2. The van der Waals surface area contributed by atoms with Crippen molar-refractivity contribution < 1.29 is 14.4 Å². The Kier molecular flexibility index (Phi) is 6.03. The second-order valence-electron chi connectivity index (χ2n) is 8.03. The van der Waals surface area contributed by atoms with E-state index in [0.29, 0.717) is 17.9 Å². The molecule has 9 heteroatoms. The van der Waals surface area contributed by atoms with Gasteiger partial charge in [0.1, 0.15) is 5.54 Å². The van der Waals surface area contributed by atoms with Crippen molar-refractivity contribution in [2.24, 2.45) is 0 Å². The van der Waals surface area contributed by atoms with E-state index < -0.39 is 23.4 Å². The number of hydrazine groups is 1. The number of benzene rings is 2. The van der Waals surface area contributed by atoms with Crippen molar-refractivity contribution in [3.8, 4) is 0 Å². The fourth-order valence-electron chi connectivity index (χ4n) is 3.59. The summed E-state index contributed by atoms with van der Waals surface area (Å²) in [5.41, 5.74) is 2.57. The van der Waals surface area contributed by atoms with E-state index in [4.69, 9.17) is 0 Å². The molecule has 168 valence electrons. The normalized spacial score (nSPS) is 17.7. The van der Waals surface area contributed by atoms with Gasteiger partial charge in [-0.1, -0.05) is 60.7 Å². The molecule has 1 aliphatic rings. The second-order valence-corrected chi connectivity index (χ2v) is 8.03. The van der Waals surface area contributed by atoms with Crippen LogP contribution in [-0.2, 0) is 17.8 Å². The highest BCUT2D eigenvalue weighted by atomic mass is 16.2. The first-order chi connectivity index (χ1) is 15.9. The molecule has 9 nitrogen and oxygen atoms in total. The average molecular weight is 445 g/mol. The number of amides is 4. The van der Waals surface area contributed by atoms with Crippen LogP contribution < -0.4 is 16.3 Å². The van der Waals surface area contributed by atoms with Crippen molar-refractivity contribution >= 4 is 17.8 Å². The van der Waals surface area contributed by atoms with E-state index in [1.54, 1.807) is 6.92 Å². The van der Waals surface area contributed by atoms with Crippen molar-refractivity contribution in [3.63, 3.8) is 0 Å². The first kappa shape index (κ1) is 21.9. The highest BCUT2D eigenvalue weighted by Gasteiger charge is 2.48. The van der Waals surface area contributed by atoms with Crippen LogP contribution in [0.3, 0.4) is 0 Å². The van der Waals surface area contributed by atoms with E-state index in [-0.39, 0.29) is 17.8 Å². The van der Waals surface area contributed by atoms with E-state index in [2.05, 4.69) is 15.8 Å². The van der Waals surface area contributed by atoms with Gasteiger partial charge in [-0.3, -0.25) is 19.8 Å². The zero-order valence-electron chi connectivity index (χ0n) is 18.0. The van der Waals surface area contributed by atoms with Crippen LogP contribution in [0.25, 0.3) is 0 Å². The fourth-order valence-corrected chi connectivity index (χ4v) is 3.59. The van der Waals surface area contributed by atoms with Crippen LogP contribution in [0.4, 0.5) is 4.79 Å². The first-order valence-electron chi connectivity index (χ1n) is 10.5. The van der Waals surface area contributed by atoms with Gasteiger partial charge in [0.05, 0.1) is 6.54 Å². The van der Waals surface area contributed by atoms with Gasteiger partial charge in [0.2, 0.25) is 0 Å². The Bertz CT molecular complexity index is 1240. The van der Waals surface area contributed by atoms with Crippen LogP contribution in [0, 0.1) is 0 Å². The topological polar surface area (TPSA) is 113 Å². The molecule has 1 fully saturated rings. The summed E-state index contributed by atoms with van der Waals surface area (Å²) < 4.78 is 1.15. The molecule has 1 atom stereocenters. The molecular weight excluding hydrogens is 422 g/mol. The Morgan fingerprint density at radius 3 is 2.24 bits per heavy atom. The monoisotopic (exact) mass is 445 g/mol. The zero-order valence-corrected chi connectivity index (χ0v) is 18.0. The van der Waals surface area contributed by atoms with Crippen molar-refractivity contribution in [3.05, 3.63) is 100.0 Å². The first-order valence-corrected chi connectivity index (χ1v) is 10.5.